The molecule has 9 heteroatoms. The van der Waals surface area contributed by atoms with Crippen LogP contribution in [0.3, 0.4) is 0 Å². The molecule has 0 aromatic rings. The normalized spacial score (nSPS) is 17.2. The van der Waals surface area contributed by atoms with Gasteiger partial charge in [0.25, 0.3) is 0 Å². The summed E-state index contributed by atoms with van der Waals surface area (Å²) in [6.45, 7) is 26.9. The van der Waals surface area contributed by atoms with Gasteiger partial charge in [-0.15, -0.1) is 0 Å². The Bertz CT molecular complexity index is 526. The minimum Gasteiger partial charge on any atom is -0.414 e. The van der Waals surface area contributed by atoms with Crippen molar-refractivity contribution >= 4 is 24.2 Å². The maximum absolute atomic E-state index is 12.4. The molecule has 0 N–H and O–H groups in total. The third-order valence-electron chi connectivity index (χ3n) is 6.05. The summed E-state index contributed by atoms with van der Waals surface area (Å²) in [7, 11) is -6.96. The third-order valence-corrected chi connectivity index (χ3v) is 17.0. The van der Waals surface area contributed by atoms with Crippen molar-refractivity contribution in [3.05, 3.63) is 0 Å². The van der Waals surface area contributed by atoms with Crippen LogP contribution in [0.1, 0.15) is 55.4 Å². The largest absolute Gasteiger partial charge is 0.414 e. The average molecular weight is 471 g/mol. The lowest BCUT2D eigenvalue weighted by Crippen LogP contribution is -2.49. The van der Waals surface area contributed by atoms with Crippen LogP contribution in [0.4, 0.5) is 0 Å². The summed E-state index contributed by atoms with van der Waals surface area (Å²) in [5.74, 6) is 0. The molecule has 0 aliphatic carbocycles. The highest BCUT2D eigenvalue weighted by molar-refractivity contribution is 7.53. The van der Waals surface area contributed by atoms with Crippen molar-refractivity contribution in [3.63, 3.8) is 0 Å². The molecule has 0 amide bonds. The van der Waals surface area contributed by atoms with E-state index in [9.17, 15) is 4.57 Å². The molecule has 29 heavy (non-hydrogen) atoms. The smallest absolute Gasteiger partial charge is 0.332 e. The van der Waals surface area contributed by atoms with E-state index in [-0.39, 0.29) is 23.0 Å². The minimum atomic E-state index is -3.07. The lowest BCUT2D eigenvalue weighted by atomic mass is 10.2. The quantitative estimate of drug-likeness (QED) is 0.130. The van der Waals surface area contributed by atoms with Crippen molar-refractivity contribution in [1.82, 2.24) is 0 Å². The zero-order chi connectivity index (χ0) is 23.1. The topological polar surface area (TPSA) is 63.2 Å². The van der Waals surface area contributed by atoms with E-state index in [0.717, 1.165) is 0 Å². The molecule has 0 spiro atoms. The number of rotatable bonds is 13. The van der Waals surface area contributed by atoms with Crippen LogP contribution in [0, 0.1) is 0 Å². The SMILES string of the molecule is CCOP(=O)(CC)OCOCC(CO[Si](C)(C)C(C)(C)C)O[Si](C)(C)C(C)(C)C. The van der Waals surface area contributed by atoms with Crippen LogP contribution >= 0.6 is 7.60 Å². The van der Waals surface area contributed by atoms with Crippen LogP contribution in [0.15, 0.2) is 0 Å². The summed E-state index contributed by atoms with van der Waals surface area (Å²) in [6.07, 6.45) is 0.129. The Morgan fingerprint density at radius 3 is 1.76 bits per heavy atom. The zero-order valence-corrected chi connectivity index (χ0v) is 23.9. The number of ether oxygens (including phenoxy) is 1. The summed E-state index contributed by atoms with van der Waals surface area (Å²) in [4.78, 5) is 0. The van der Waals surface area contributed by atoms with Gasteiger partial charge in [-0.2, -0.15) is 0 Å². The molecule has 6 nitrogen and oxygen atoms in total. The Balaban J connectivity index is 5.04. The molecule has 2 unspecified atom stereocenters. The first-order valence-corrected chi connectivity index (χ1v) is 18.2. The van der Waals surface area contributed by atoms with Gasteiger partial charge in [0.2, 0.25) is 0 Å². The molecule has 0 aromatic heterocycles. The lowest BCUT2D eigenvalue weighted by Gasteiger charge is -2.41. The lowest BCUT2D eigenvalue weighted by molar-refractivity contribution is -0.0422. The summed E-state index contributed by atoms with van der Waals surface area (Å²) in [5.41, 5.74) is 0. The van der Waals surface area contributed by atoms with Crippen LogP contribution < -0.4 is 0 Å². The summed E-state index contributed by atoms with van der Waals surface area (Å²) in [5, 5.41) is 0.218. The molecule has 0 heterocycles. The minimum absolute atomic E-state index is 0.0808. The molecule has 0 aliphatic heterocycles. The molecule has 0 rings (SSSR count). The number of hydrogen-bond acceptors (Lipinski definition) is 6. The molecule has 2 atom stereocenters. The molecule has 0 aliphatic rings. The maximum Gasteiger partial charge on any atom is 0.332 e. The monoisotopic (exact) mass is 470 g/mol. The molecule has 0 fully saturated rings. The molecule has 0 radical (unpaired) electrons. The van der Waals surface area contributed by atoms with E-state index >= 15 is 0 Å². The Morgan fingerprint density at radius 1 is 0.828 bits per heavy atom. The Morgan fingerprint density at radius 2 is 1.34 bits per heavy atom. The fourth-order valence-electron chi connectivity index (χ4n) is 1.94. The van der Waals surface area contributed by atoms with Crippen LogP contribution in [0.2, 0.25) is 36.3 Å². The molecule has 0 saturated heterocycles. The maximum atomic E-state index is 12.4. The van der Waals surface area contributed by atoms with Gasteiger partial charge < -0.3 is 18.1 Å². The second-order valence-corrected chi connectivity index (χ2v) is 22.5. The van der Waals surface area contributed by atoms with Crippen molar-refractivity contribution in [2.45, 2.75) is 97.8 Å². The standard InChI is InChI=1S/C20H47O6PSi2/c1-13-23-27(21,14-2)24-17-22-15-18(26-29(11,12)20(6,7)8)16-25-28(9,10)19(3,4)5/h18H,13-17H2,1-12H3. The summed E-state index contributed by atoms with van der Waals surface area (Å²) >= 11 is 0. The van der Waals surface area contributed by atoms with Crippen molar-refractivity contribution in [2.24, 2.45) is 0 Å². The van der Waals surface area contributed by atoms with Crippen LogP contribution in [0.5, 0.6) is 0 Å². The molecular formula is C20H47O6PSi2. The highest BCUT2D eigenvalue weighted by Crippen LogP contribution is 2.47. The first kappa shape index (κ1) is 29.5. The highest BCUT2D eigenvalue weighted by Gasteiger charge is 2.41. The van der Waals surface area contributed by atoms with Crippen LogP contribution in [-0.4, -0.2) is 55.5 Å². The van der Waals surface area contributed by atoms with Crippen LogP contribution in [0.25, 0.3) is 0 Å². The Labute approximate surface area is 182 Å². The van der Waals surface area contributed by atoms with E-state index in [1.165, 1.54) is 0 Å². The summed E-state index contributed by atoms with van der Waals surface area (Å²) < 4.78 is 41.7. The zero-order valence-electron chi connectivity index (χ0n) is 21.0. The van der Waals surface area contributed by atoms with Gasteiger partial charge in [0.1, 0.15) is 0 Å². The first-order chi connectivity index (χ1) is 12.9. The average Bonchev–Trinajstić information content (AvgIpc) is 2.54. The van der Waals surface area contributed by atoms with Gasteiger partial charge in [-0.1, -0.05) is 48.5 Å². The second kappa shape index (κ2) is 11.4. The third kappa shape index (κ3) is 10.1. The van der Waals surface area contributed by atoms with E-state index in [1.54, 1.807) is 13.8 Å². The van der Waals surface area contributed by atoms with Gasteiger partial charge in [-0.05, 0) is 43.2 Å². The van der Waals surface area contributed by atoms with Crippen molar-refractivity contribution in [2.75, 3.05) is 32.8 Å². The van der Waals surface area contributed by atoms with Gasteiger partial charge in [-0.25, -0.2) is 0 Å². The van der Waals surface area contributed by atoms with E-state index in [0.29, 0.717) is 26.0 Å². The van der Waals surface area contributed by atoms with E-state index in [4.69, 9.17) is 22.6 Å². The van der Waals surface area contributed by atoms with Crippen molar-refractivity contribution < 1.29 is 27.2 Å². The predicted octanol–water partition coefficient (Wildman–Crippen LogP) is 6.64. The van der Waals surface area contributed by atoms with Crippen molar-refractivity contribution in [1.29, 1.82) is 0 Å². The fraction of sp³-hybridized carbons (Fsp3) is 1.00. The Hall–Kier alpha value is 0.464. The van der Waals surface area contributed by atoms with Gasteiger partial charge >= 0.3 is 7.60 Å². The highest BCUT2D eigenvalue weighted by atomic mass is 31.2. The van der Waals surface area contributed by atoms with Gasteiger partial charge in [0, 0.05) is 6.16 Å². The van der Waals surface area contributed by atoms with E-state index in [1.807, 2.05) is 0 Å². The second-order valence-electron chi connectivity index (χ2n) is 10.5. The van der Waals surface area contributed by atoms with Gasteiger partial charge in [-0.3, -0.25) is 9.09 Å². The molecule has 0 bridgehead atoms. The number of hydrogen-bond donors (Lipinski definition) is 0. The molecule has 176 valence electrons. The van der Waals surface area contributed by atoms with E-state index < -0.39 is 24.2 Å². The van der Waals surface area contributed by atoms with Crippen LogP contribution in [-0.2, 0) is 27.2 Å². The molecule has 0 aromatic carbocycles. The molecule has 0 saturated carbocycles. The predicted molar refractivity (Wildman–Crippen MR) is 127 cm³/mol. The fourth-order valence-corrected chi connectivity index (χ4v) is 5.37. The van der Waals surface area contributed by atoms with Crippen molar-refractivity contribution in [3.8, 4) is 0 Å². The van der Waals surface area contributed by atoms with E-state index in [2.05, 4.69) is 67.7 Å². The van der Waals surface area contributed by atoms with Gasteiger partial charge in [0.05, 0.1) is 25.9 Å². The van der Waals surface area contributed by atoms with Gasteiger partial charge in [0.15, 0.2) is 23.4 Å². The summed E-state index contributed by atoms with van der Waals surface area (Å²) in [6, 6.07) is 0. The Kier molecular flexibility index (Phi) is 11.5. The molecular weight excluding hydrogens is 423 g/mol. The first-order valence-electron chi connectivity index (χ1n) is 10.7.